The number of hydrogen-bond acceptors (Lipinski definition) is 2. The van der Waals surface area contributed by atoms with Crippen LogP contribution in [-0.2, 0) is 0 Å². The molecule has 4 unspecified atom stereocenters. The van der Waals surface area contributed by atoms with Crippen molar-refractivity contribution in [3.63, 3.8) is 0 Å². The molecular weight excluding hydrogens is 232 g/mol. The fourth-order valence-corrected chi connectivity index (χ4v) is 4.50. The van der Waals surface area contributed by atoms with E-state index in [0.717, 1.165) is 30.3 Å². The molecular formula is C17H34N2. The molecule has 2 aliphatic rings. The standard InChI is InChI=1S/C17H34N2/c1-13(2)9-15-5-4-8-17(11-15,12-18)19-16-7-6-14(3)10-16/h13-16,19H,4-12,18H2,1-3H3. The topological polar surface area (TPSA) is 38.0 Å². The normalized spacial score (nSPS) is 39.9. The predicted octanol–water partition coefficient (Wildman–Crippen LogP) is 3.70. The molecule has 19 heavy (non-hydrogen) atoms. The maximum absolute atomic E-state index is 6.18. The van der Waals surface area contributed by atoms with Gasteiger partial charge in [0.2, 0.25) is 0 Å². The molecule has 2 fully saturated rings. The molecule has 0 aliphatic heterocycles. The van der Waals surface area contributed by atoms with E-state index in [1.54, 1.807) is 0 Å². The van der Waals surface area contributed by atoms with Crippen LogP contribution in [-0.4, -0.2) is 18.1 Å². The summed E-state index contributed by atoms with van der Waals surface area (Å²) in [7, 11) is 0. The Bertz CT molecular complexity index is 276. The van der Waals surface area contributed by atoms with Crippen molar-refractivity contribution >= 4 is 0 Å². The first kappa shape index (κ1) is 15.3. The number of nitrogens with two attached hydrogens (primary N) is 1. The molecule has 3 N–H and O–H groups in total. The number of nitrogens with one attached hydrogen (secondary N) is 1. The van der Waals surface area contributed by atoms with Gasteiger partial charge in [0.25, 0.3) is 0 Å². The third kappa shape index (κ3) is 4.19. The summed E-state index contributed by atoms with van der Waals surface area (Å²) >= 11 is 0. The average Bonchev–Trinajstić information content (AvgIpc) is 2.74. The van der Waals surface area contributed by atoms with Gasteiger partial charge in [0.1, 0.15) is 0 Å². The molecule has 0 heterocycles. The molecule has 0 amide bonds. The fraction of sp³-hybridized carbons (Fsp3) is 1.00. The Morgan fingerprint density at radius 2 is 2.05 bits per heavy atom. The minimum Gasteiger partial charge on any atom is -0.329 e. The van der Waals surface area contributed by atoms with Crippen LogP contribution < -0.4 is 11.1 Å². The van der Waals surface area contributed by atoms with Crippen LogP contribution in [0.2, 0.25) is 0 Å². The van der Waals surface area contributed by atoms with Gasteiger partial charge in [0.15, 0.2) is 0 Å². The van der Waals surface area contributed by atoms with E-state index in [9.17, 15) is 0 Å². The Kier molecular flexibility index (Phi) is 5.30. The second kappa shape index (κ2) is 6.58. The summed E-state index contributed by atoms with van der Waals surface area (Å²) in [5.41, 5.74) is 6.44. The van der Waals surface area contributed by atoms with E-state index in [1.165, 1.54) is 51.4 Å². The lowest BCUT2D eigenvalue weighted by atomic mass is 9.72. The van der Waals surface area contributed by atoms with Gasteiger partial charge in [-0.1, -0.05) is 33.6 Å². The zero-order valence-electron chi connectivity index (χ0n) is 13.3. The first-order valence-corrected chi connectivity index (χ1v) is 8.51. The molecule has 2 aliphatic carbocycles. The average molecular weight is 266 g/mol. The number of hydrogen-bond donors (Lipinski definition) is 2. The van der Waals surface area contributed by atoms with E-state index >= 15 is 0 Å². The predicted molar refractivity (Wildman–Crippen MR) is 83.1 cm³/mol. The first-order valence-electron chi connectivity index (χ1n) is 8.51. The quantitative estimate of drug-likeness (QED) is 0.796. The fourth-order valence-electron chi connectivity index (χ4n) is 4.50. The molecule has 0 radical (unpaired) electrons. The van der Waals surface area contributed by atoms with E-state index in [-0.39, 0.29) is 5.54 Å². The van der Waals surface area contributed by atoms with Crippen LogP contribution in [0, 0.1) is 17.8 Å². The van der Waals surface area contributed by atoms with Crippen molar-refractivity contribution in [2.45, 2.75) is 83.7 Å². The lowest BCUT2D eigenvalue weighted by molar-refractivity contribution is 0.153. The summed E-state index contributed by atoms with van der Waals surface area (Å²) < 4.78 is 0. The minimum absolute atomic E-state index is 0.256. The lowest BCUT2D eigenvalue weighted by Crippen LogP contribution is -2.57. The summed E-state index contributed by atoms with van der Waals surface area (Å²) in [6.45, 7) is 7.92. The van der Waals surface area contributed by atoms with Crippen LogP contribution in [0.5, 0.6) is 0 Å². The summed E-state index contributed by atoms with van der Waals surface area (Å²) in [6.07, 6.45) is 10.9. The van der Waals surface area contributed by atoms with Crippen LogP contribution in [0.1, 0.15) is 72.1 Å². The van der Waals surface area contributed by atoms with Gasteiger partial charge < -0.3 is 11.1 Å². The second-order valence-corrected chi connectivity index (χ2v) is 7.84. The van der Waals surface area contributed by atoms with E-state index in [0.29, 0.717) is 0 Å². The summed E-state index contributed by atoms with van der Waals surface area (Å²) in [4.78, 5) is 0. The zero-order chi connectivity index (χ0) is 13.9. The van der Waals surface area contributed by atoms with E-state index in [4.69, 9.17) is 5.73 Å². The van der Waals surface area contributed by atoms with Crippen molar-refractivity contribution in [1.82, 2.24) is 5.32 Å². The third-order valence-corrected chi connectivity index (χ3v) is 5.35. The molecule has 112 valence electrons. The second-order valence-electron chi connectivity index (χ2n) is 7.84. The maximum atomic E-state index is 6.18. The van der Waals surface area contributed by atoms with Crippen LogP contribution in [0.3, 0.4) is 0 Å². The Labute approximate surface area is 119 Å². The highest BCUT2D eigenvalue weighted by Gasteiger charge is 2.37. The molecule has 0 bridgehead atoms. The van der Waals surface area contributed by atoms with E-state index in [2.05, 4.69) is 26.1 Å². The smallest absolute Gasteiger partial charge is 0.0309 e. The lowest BCUT2D eigenvalue weighted by Gasteiger charge is -2.43. The first-order chi connectivity index (χ1) is 9.03. The van der Waals surface area contributed by atoms with Gasteiger partial charge in [-0.3, -0.25) is 0 Å². The van der Waals surface area contributed by atoms with Crippen molar-refractivity contribution in [2.24, 2.45) is 23.5 Å². The van der Waals surface area contributed by atoms with Crippen molar-refractivity contribution in [2.75, 3.05) is 6.54 Å². The highest BCUT2D eigenvalue weighted by Crippen LogP contribution is 2.37. The van der Waals surface area contributed by atoms with Gasteiger partial charge in [-0.25, -0.2) is 0 Å². The van der Waals surface area contributed by atoms with E-state index < -0.39 is 0 Å². The van der Waals surface area contributed by atoms with Gasteiger partial charge in [-0.2, -0.15) is 0 Å². The molecule has 0 aromatic heterocycles. The maximum Gasteiger partial charge on any atom is 0.0309 e. The largest absolute Gasteiger partial charge is 0.329 e. The molecule has 2 rings (SSSR count). The molecule has 2 saturated carbocycles. The van der Waals surface area contributed by atoms with Gasteiger partial charge >= 0.3 is 0 Å². The van der Waals surface area contributed by atoms with Crippen LogP contribution in [0.4, 0.5) is 0 Å². The third-order valence-electron chi connectivity index (χ3n) is 5.35. The monoisotopic (exact) mass is 266 g/mol. The van der Waals surface area contributed by atoms with Crippen molar-refractivity contribution in [1.29, 1.82) is 0 Å². The van der Waals surface area contributed by atoms with Gasteiger partial charge in [-0.05, 0) is 56.3 Å². The molecule has 2 nitrogen and oxygen atoms in total. The molecule has 2 heteroatoms. The molecule has 4 atom stereocenters. The summed E-state index contributed by atoms with van der Waals surface area (Å²) in [6, 6.07) is 0.733. The Balaban J connectivity index is 1.92. The van der Waals surface area contributed by atoms with E-state index in [1.807, 2.05) is 0 Å². The van der Waals surface area contributed by atoms with Crippen LogP contribution in [0.15, 0.2) is 0 Å². The summed E-state index contributed by atoms with van der Waals surface area (Å²) in [5, 5.41) is 3.99. The molecule has 0 spiro atoms. The van der Waals surface area contributed by atoms with Gasteiger partial charge in [-0.15, -0.1) is 0 Å². The Morgan fingerprint density at radius 3 is 2.63 bits per heavy atom. The molecule has 0 aromatic rings. The Morgan fingerprint density at radius 1 is 1.26 bits per heavy atom. The van der Waals surface area contributed by atoms with Crippen molar-refractivity contribution in [3.8, 4) is 0 Å². The molecule has 0 saturated heterocycles. The van der Waals surface area contributed by atoms with Gasteiger partial charge in [0, 0.05) is 18.1 Å². The van der Waals surface area contributed by atoms with Crippen molar-refractivity contribution < 1.29 is 0 Å². The highest BCUT2D eigenvalue weighted by atomic mass is 15.0. The highest BCUT2D eigenvalue weighted by molar-refractivity contribution is 4.98. The molecule has 0 aromatic carbocycles. The zero-order valence-corrected chi connectivity index (χ0v) is 13.3. The van der Waals surface area contributed by atoms with Crippen LogP contribution >= 0.6 is 0 Å². The van der Waals surface area contributed by atoms with Gasteiger partial charge in [0.05, 0.1) is 0 Å². The number of rotatable bonds is 5. The minimum atomic E-state index is 0.256. The SMILES string of the molecule is CC(C)CC1CCCC(CN)(NC2CCC(C)C2)C1. The van der Waals surface area contributed by atoms with Crippen LogP contribution in [0.25, 0.3) is 0 Å². The Hall–Kier alpha value is -0.0800. The summed E-state index contributed by atoms with van der Waals surface area (Å²) in [5.74, 6) is 2.62. The van der Waals surface area contributed by atoms with Crippen molar-refractivity contribution in [3.05, 3.63) is 0 Å².